The van der Waals surface area contributed by atoms with Crippen molar-refractivity contribution in [3.05, 3.63) is 0 Å². The number of hydrogen-bond acceptors (Lipinski definition) is 3. The number of piperidine rings is 2. The molecule has 2 rings (SSSR count). The molecule has 1 amide bonds. The zero-order valence-corrected chi connectivity index (χ0v) is 14.0. The van der Waals surface area contributed by atoms with Crippen LogP contribution in [0.25, 0.3) is 0 Å². The molecular formula is C17H33N3O. The van der Waals surface area contributed by atoms with Crippen molar-refractivity contribution in [2.75, 3.05) is 19.6 Å². The molecule has 2 N–H and O–H groups in total. The molecule has 0 radical (unpaired) electrons. The van der Waals surface area contributed by atoms with E-state index in [1.165, 1.54) is 32.1 Å². The summed E-state index contributed by atoms with van der Waals surface area (Å²) in [5.74, 6) is 0.750. The lowest BCUT2D eigenvalue weighted by atomic mass is 9.81. The van der Waals surface area contributed by atoms with Crippen molar-refractivity contribution < 1.29 is 4.79 Å². The van der Waals surface area contributed by atoms with E-state index in [4.69, 9.17) is 0 Å². The van der Waals surface area contributed by atoms with Gasteiger partial charge in [0.05, 0.1) is 0 Å². The third-order valence-corrected chi connectivity index (χ3v) is 4.92. The van der Waals surface area contributed by atoms with Crippen LogP contribution in [0.15, 0.2) is 0 Å². The first-order valence-corrected chi connectivity index (χ1v) is 8.86. The molecule has 0 aliphatic carbocycles. The Morgan fingerprint density at radius 1 is 1.24 bits per heavy atom. The van der Waals surface area contributed by atoms with Gasteiger partial charge in [0.1, 0.15) is 0 Å². The minimum Gasteiger partial charge on any atom is -0.356 e. The molecule has 0 aromatic rings. The molecule has 2 heterocycles. The van der Waals surface area contributed by atoms with E-state index >= 15 is 0 Å². The number of nitrogens with zero attached hydrogens (tertiary/aromatic N) is 1. The summed E-state index contributed by atoms with van der Waals surface area (Å²) in [7, 11) is 0. The topological polar surface area (TPSA) is 44.4 Å². The highest BCUT2D eigenvalue weighted by atomic mass is 16.1. The van der Waals surface area contributed by atoms with E-state index in [1.807, 2.05) is 0 Å². The highest BCUT2D eigenvalue weighted by molar-refractivity contribution is 5.76. The third kappa shape index (κ3) is 4.96. The molecule has 122 valence electrons. The molecule has 4 nitrogen and oxygen atoms in total. The first-order chi connectivity index (χ1) is 10.1. The van der Waals surface area contributed by atoms with E-state index < -0.39 is 0 Å². The van der Waals surface area contributed by atoms with E-state index in [0.29, 0.717) is 30.5 Å². The molecule has 0 aromatic carbocycles. The molecule has 21 heavy (non-hydrogen) atoms. The lowest BCUT2D eigenvalue weighted by Gasteiger charge is -2.49. The van der Waals surface area contributed by atoms with Gasteiger partial charge in [0.15, 0.2) is 0 Å². The van der Waals surface area contributed by atoms with Gasteiger partial charge >= 0.3 is 0 Å². The lowest BCUT2D eigenvalue weighted by molar-refractivity contribution is -0.122. The van der Waals surface area contributed by atoms with E-state index in [2.05, 4.69) is 36.3 Å². The fourth-order valence-corrected chi connectivity index (χ4v) is 3.94. The quantitative estimate of drug-likeness (QED) is 0.756. The number of carbonyl (C=O) groups excluding carboxylic acids is 1. The molecule has 4 heteroatoms. The highest BCUT2D eigenvalue weighted by Crippen LogP contribution is 2.34. The summed E-state index contributed by atoms with van der Waals surface area (Å²) in [5, 5.41) is 6.66. The second kappa shape index (κ2) is 8.14. The molecule has 2 unspecified atom stereocenters. The van der Waals surface area contributed by atoms with Gasteiger partial charge in [-0.1, -0.05) is 27.2 Å². The Kier molecular flexibility index (Phi) is 6.49. The molecular weight excluding hydrogens is 262 g/mol. The Morgan fingerprint density at radius 3 is 2.48 bits per heavy atom. The molecule has 2 bridgehead atoms. The standard InChI is InChI=1S/C17H33N3O/c1-4-18-14-10-15-6-5-7-16(11-14)20(15)9-8-17(21)19-12-13(2)3/h13-16,18H,4-12H2,1-3H3,(H,19,21). The average molecular weight is 295 g/mol. The summed E-state index contributed by atoms with van der Waals surface area (Å²) < 4.78 is 0. The molecule has 2 aliphatic heterocycles. The van der Waals surface area contributed by atoms with Crippen molar-refractivity contribution in [1.29, 1.82) is 0 Å². The number of rotatable bonds is 7. The maximum atomic E-state index is 11.9. The Morgan fingerprint density at radius 2 is 1.90 bits per heavy atom. The maximum Gasteiger partial charge on any atom is 0.221 e. The van der Waals surface area contributed by atoms with Crippen LogP contribution in [0.3, 0.4) is 0 Å². The van der Waals surface area contributed by atoms with Gasteiger partial charge in [-0.15, -0.1) is 0 Å². The Labute approximate surface area is 130 Å². The Bertz CT molecular complexity index is 318. The normalized spacial score (nSPS) is 29.6. The third-order valence-electron chi connectivity index (χ3n) is 4.92. The maximum absolute atomic E-state index is 11.9. The Hall–Kier alpha value is -0.610. The number of nitrogens with one attached hydrogen (secondary N) is 2. The van der Waals surface area contributed by atoms with Crippen molar-refractivity contribution in [2.24, 2.45) is 5.92 Å². The highest BCUT2D eigenvalue weighted by Gasteiger charge is 2.37. The van der Waals surface area contributed by atoms with Gasteiger partial charge < -0.3 is 10.6 Å². The zero-order valence-electron chi connectivity index (χ0n) is 14.0. The van der Waals surface area contributed by atoms with Crippen LogP contribution >= 0.6 is 0 Å². The lowest BCUT2D eigenvalue weighted by Crippen LogP contribution is -2.56. The average Bonchev–Trinajstić information content (AvgIpc) is 2.43. The van der Waals surface area contributed by atoms with E-state index in [-0.39, 0.29) is 5.91 Å². The molecule has 0 spiro atoms. The van der Waals surface area contributed by atoms with Crippen LogP contribution in [-0.2, 0) is 4.79 Å². The fraction of sp³-hybridized carbons (Fsp3) is 0.941. The van der Waals surface area contributed by atoms with Crippen LogP contribution in [0.2, 0.25) is 0 Å². The van der Waals surface area contributed by atoms with Gasteiger partial charge in [0.25, 0.3) is 0 Å². The van der Waals surface area contributed by atoms with Crippen molar-refractivity contribution in [2.45, 2.75) is 77.4 Å². The number of fused-ring (bicyclic) bond motifs is 2. The predicted molar refractivity (Wildman–Crippen MR) is 87.3 cm³/mol. The first-order valence-electron chi connectivity index (χ1n) is 8.86. The largest absolute Gasteiger partial charge is 0.356 e. The van der Waals surface area contributed by atoms with Crippen molar-refractivity contribution in [1.82, 2.24) is 15.5 Å². The van der Waals surface area contributed by atoms with Gasteiger partial charge in [0.2, 0.25) is 5.91 Å². The smallest absolute Gasteiger partial charge is 0.221 e. The molecule has 2 aliphatic rings. The van der Waals surface area contributed by atoms with Gasteiger partial charge in [-0.3, -0.25) is 9.69 Å². The minimum absolute atomic E-state index is 0.218. The molecule has 2 atom stereocenters. The monoisotopic (exact) mass is 295 g/mol. The first kappa shape index (κ1) is 16.8. The number of carbonyl (C=O) groups is 1. The summed E-state index contributed by atoms with van der Waals surface area (Å²) in [6.45, 7) is 9.28. The summed E-state index contributed by atoms with van der Waals surface area (Å²) in [6, 6.07) is 2.08. The van der Waals surface area contributed by atoms with Gasteiger partial charge in [0, 0.05) is 37.6 Å². The van der Waals surface area contributed by atoms with Gasteiger partial charge in [-0.05, 0) is 38.1 Å². The zero-order chi connectivity index (χ0) is 15.2. The van der Waals surface area contributed by atoms with E-state index in [1.54, 1.807) is 0 Å². The second-order valence-corrected chi connectivity index (χ2v) is 7.15. The van der Waals surface area contributed by atoms with Gasteiger partial charge in [-0.25, -0.2) is 0 Å². The minimum atomic E-state index is 0.218. The summed E-state index contributed by atoms with van der Waals surface area (Å²) in [4.78, 5) is 14.6. The summed E-state index contributed by atoms with van der Waals surface area (Å²) in [6.07, 6.45) is 7.17. The van der Waals surface area contributed by atoms with Crippen LogP contribution in [-0.4, -0.2) is 48.6 Å². The fourth-order valence-electron chi connectivity index (χ4n) is 3.94. The van der Waals surface area contributed by atoms with E-state index in [0.717, 1.165) is 19.6 Å². The molecule has 0 aromatic heterocycles. The van der Waals surface area contributed by atoms with Crippen LogP contribution in [0.5, 0.6) is 0 Å². The predicted octanol–water partition coefficient (Wildman–Crippen LogP) is 2.14. The summed E-state index contributed by atoms with van der Waals surface area (Å²) >= 11 is 0. The van der Waals surface area contributed by atoms with E-state index in [9.17, 15) is 4.79 Å². The molecule has 2 saturated heterocycles. The summed E-state index contributed by atoms with van der Waals surface area (Å²) in [5.41, 5.74) is 0. The van der Waals surface area contributed by atoms with Crippen molar-refractivity contribution in [3.8, 4) is 0 Å². The number of amides is 1. The molecule has 2 fully saturated rings. The van der Waals surface area contributed by atoms with Gasteiger partial charge in [-0.2, -0.15) is 0 Å². The van der Waals surface area contributed by atoms with Crippen LogP contribution in [0.4, 0.5) is 0 Å². The SMILES string of the molecule is CCNC1CC2CCCC(C1)N2CCC(=O)NCC(C)C. The number of hydrogen-bond donors (Lipinski definition) is 2. The Balaban J connectivity index is 1.79. The van der Waals surface area contributed by atoms with Crippen molar-refractivity contribution >= 4 is 5.91 Å². The van der Waals surface area contributed by atoms with Crippen LogP contribution in [0, 0.1) is 5.92 Å². The van der Waals surface area contributed by atoms with Crippen LogP contribution < -0.4 is 10.6 Å². The van der Waals surface area contributed by atoms with Crippen LogP contribution in [0.1, 0.15) is 59.3 Å². The second-order valence-electron chi connectivity index (χ2n) is 7.15. The molecule has 0 saturated carbocycles. The van der Waals surface area contributed by atoms with Crippen molar-refractivity contribution in [3.63, 3.8) is 0 Å².